The van der Waals surface area contributed by atoms with E-state index >= 15 is 0 Å². The quantitative estimate of drug-likeness (QED) is 0.564. The molecule has 0 bridgehead atoms. The summed E-state index contributed by atoms with van der Waals surface area (Å²) in [6.07, 6.45) is 0.0418. The van der Waals surface area contributed by atoms with Crippen LogP contribution in [0, 0.1) is 0 Å². The molecular formula is C16H15Br2NO2. The van der Waals surface area contributed by atoms with Crippen LogP contribution < -0.4 is 10.5 Å². The number of rotatable bonds is 5. The summed E-state index contributed by atoms with van der Waals surface area (Å²) in [5, 5.41) is 0. The lowest BCUT2D eigenvalue weighted by Crippen LogP contribution is -2.27. The first-order valence-electron chi connectivity index (χ1n) is 6.52. The maximum atomic E-state index is 12.6. The SMILES string of the molecule is CCC(Oc1cccc(N)c1)C(=O)c1ccc(Br)cc1Br. The summed E-state index contributed by atoms with van der Waals surface area (Å²) in [6, 6.07) is 12.6. The van der Waals surface area contributed by atoms with Gasteiger partial charge in [-0.25, -0.2) is 0 Å². The lowest BCUT2D eigenvalue weighted by atomic mass is 10.0. The molecule has 0 heterocycles. The molecule has 0 aliphatic rings. The van der Waals surface area contributed by atoms with Crippen LogP contribution in [0.25, 0.3) is 0 Å². The van der Waals surface area contributed by atoms with Crippen molar-refractivity contribution in [1.82, 2.24) is 0 Å². The number of nitrogens with two attached hydrogens (primary N) is 1. The number of halogens is 2. The van der Waals surface area contributed by atoms with E-state index in [0.717, 1.165) is 8.95 Å². The molecule has 0 aromatic heterocycles. The van der Waals surface area contributed by atoms with Crippen molar-refractivity contribution in [2.75, 3.05) is 5.73 Å². The van der Waals surface area contributed by atoms with Gasteiger partial charge in [0.2, 0.25) is 5.78 Å². The number of benzene rings is 2. The van der Waals surface area contributed by atoms with Gasteiger partial charge in [-0.2, -0.15) is 0 Å². The molecule has 0 fully saturated rings. The first kappa shape index (κ1) is 16.0. The second kappa shape index (κ2) is 7.09. The molecule has 21 heavy (non-hydrogen) atoms. The number of Topliss-reactive ketones (excluding diaryl/α,β-unsaturated/α-hetero) is 1. The average Bonchev–Trinajstić information content (AvgIpc) is 2.44. The van der Waals surface area contributed by atoms with Crippen LogP contribution in [0.15, 0.2) is 51.4 Å². The highest BCUT2D eigenvalue weighted by Crippen LogP contribution is 2.25. The number of nitrogen functional groups attached to an aromatic ring is 1. The Balaban J connectivity index is 2.22. The number of ketones is 1. The summed E-state index contributed by atoms with van der Waals surface area (Å²) >= 11 is 6.79. The van der Waals surface area contributed by atoms with Gasteiger partial charge < -0.3 is 10.5 Å². The van der Waals surface area contributed by atoms with Crippen molar-refractivity contribution < 1.29 is 9.53 Å². The van der Waals surface area contributed by atoms with Crippen molar-refractivity contribution in [2.45, 2.75) is 19.4 Å². The number of ether oxygens (including phenoxy) is 1. The van der Waals surface area contributed by atoms with E-state index in [1.807, 2.05) is 19.1 Å². The minimum Gasteiger partial charge on any atom is -0.482 e. The van der Waals surface area contributed by atoms with Crippen molar-refractivity contribution in [2.24, 2.45) is 0 Å². The van der Waals surface area contributed by atoms with E-state index in [0.29, 0.717) is 23.4 Å². The van der Waals surface area contributed by atoms with Gasteiger partial charge in [0.15, 0.2) is 6.10 Å². The monoisotopic (exact) mass is 411 g/mol. The van der Waals surface area contributed by atoms with Crippen molar-refractivity contribution in [1.29, 1.82) is 0 Å². The van der Waals surface area contributed by atoms with Crippen LogP contribution in [0.3, 0.4) is 0 Å². The lowest BCUT2D eigenvalue weighted by Gasteiger charge is -2.17. The fraction of sp³-hybridized carbons (Fsp3) is 0.188. The van der Waals surface area contributed by atoms with E-state index in [1.54, 1.807) is 30.3 Å². The summed E-state index contributed by atoms with van der Waals surface area (Å²) in [5.74, 6) is 0.544. The molecular weight excluding hydrogens is 398 g/mol. The van der Waals surface area contributed by atoms with Crippen molar-refractivity contribution in [3.8, 4) is 5.75 Å². The molecule has 2 N–H and O–H groups in total. The first-order valence-corrected chi connectivity index (χ1v) is 8.11. The van der Waals surface area contributed by atoms with Crippen LogP contribution in [0.5, 0.6) is 5.75 Å². The van der Waals surface area contributed by atoms with E-state index < -0.39 is 6.10 Å². The topological polar surface area (TPSA) is 52.3 Å². The molecule has 3 nitrogen and oxygen atoms in total. The van der Waals surface area contributed by atoms with Crippen LogP contribution in [0.2, 0.25) is 0 Å². The zero-order chi connectivity index (χ0) is 15.4. The predicted octanol–water partition coefficient (Wildman–Crippen LogP) is 4.83. The smallest absolute Gasteiger partial charge is 0.204 e. The summed E-state index contributed by atoms with van der Waals surface area (Å²) in [4.78, 5) is 12.6. The Morgan fingerprint density at radius 3 is 2.62 bits per heavy atom. The molecule has 1 unspecified atom stereocenters. The third-order valence-corrected chi connectivity index (χ3v) is 4.15. The van der Waals surface area contributed by atoms with E-state index in [-0.39, 0.29) is 5.78 Å². The molecule has 0 aliphatic heterocycles. The van der Waals surface area contributed by atoms with Gasteiger partial charge in [0.05, 0.1) is 0 Å². The Bertz CT molecular complexity index is 658. The molecule has 5 heteroatoms. The van der Waals surface area contributed by atoms with Crippen LogP contribution >= 0.6 is 31.9 Å². The van der Waals surface area contributed by atoms with Crippen LogP contribution in [-0.2, 0) is 0 Å². The van der Waals surface area contributed by atoms with E-state index in [4.69, 9.17) is 10.5 Å². The maximum Gasteiger partial charge on any atom is 0.204 e. The van der Waals surface area contributed by atoms with Crippen LogP contribution in [0.4, 0.5) is 5.69 Å². The summed E-state index contributed by atoms with van der Waals surface area (Å²) in [7, 11) is 0. The Kier molecular flexibility index (Phi) is 5.42. The standard InChI is InChI=1S/C16H15Br2NO2/c1-2-15(21-12-5-3-4-11(19)9-12)16(20)13-7-6-10(17)8-14(13)18/h3-9,15H,2,19H2,1H3. The molecule has 2 rings (SSSR count). The van der Waals surface area contributed by atoms with E-state index in [1.165, 1.54) is 0 Å². The summed E-state index contributed by atoms with van der Waals surface area (Å²) in [6.45, 7) is 1.92. The minimum atomic E-state index is -0.538. The number of carbonyl (C=O) groups excluding carboxylic acids is 1. The van der Waals surface area contributed by atoms with Gasteiger partial charge in [-0.05, 0) is 36.8 Å². The van der Waals surface area contributed by atoms with E-state index in [2.05, 4.69) is 31.9 Å². The van der Waals surface area contributed by atoms with Crippen LogP contribution in [-0.4, -0.2) is 11.9 Å². The zero-order valence-electron chi connectivity index (χ0n) is 11.5. The molecule has 0 aliphatic carbocycles. The number of hydrogen-bond donors (Lipinski definition) is 1. The highest BCUT2D eigenvalue weighted by atomic mass is 79.9. The second-order valence-corrected chi connectivity index (χ2v) is 6.35. The van der Waals surface area contributed by atoms with E-state index in [9.17, 15) is 4.79 Å². The molecule has 0 amide bonds. The van der Waals surface area contributed by atoms with Gasteiger partial charge in [0, 0.05) is 26.3 Å². The lowest BCUT2D eigenvalue weighted by molar-refractivity contribution is 0.0786. The van der Waals surface area contributed by atoms with Gasteiger partial charge in [0.1, 0.15) is 5.75 Å². The maximum absolute atomic E-state index is 12.6. The molecule has 0 saturated heterocycles. The zero-order valence-corrected chi connectivity index (χ0v) is 14.6. The molecule has 110 valence electrons. The Labute approximate surface area is 140 Å². The van der Waals surface area contributed by atoms with Gasteiger partial charge in [-0.15, -0.1) is 0 Å². The van der Waals surface area contributed by atoms with Crippen molar-refractivity contribution in [3.05, 3.63) is 57.0 Å². The van der Waals surface area contributed by atoms with Crippen molar-refractivity contribution in [3.63, 3.8) is 0 Å². The average molecular weight is 413 g/mol. The summed E-state index contributed by atoms with van der Waals surface area (Å²) in [5.41, 5.74) is 6.94. The fourth-order valence-corrected chi connectivity index (χ4v) is 3.18. The number of anilines is 1. The molecule has 2 aromatic rings. The first-order chi connectivity index (χ1) is 10.0. The van der Waals surface area contributed by atoms with Gasteiger partial charge in [-0.3, -0.25) is 4.79 Å². The largest absolute Gasteiger partial charge is 0.482 e. The Hall–Kier alpha value is -1.33. The van der Waals surface area contributed by atoms with Crippen molar-refractivity contribution >= 4 is 43.3 Å². The third-order valence-electron chi connectivity index (χ3n) is 3.00. The van der Waals surface area contributed by atoms with Gasteiger partial charge >= 0.3 is 0 Å². The Morgan fingerprint density at radius 2 is 2.00 bits per heavy atom. The molecule has 2 aromatic carbocycles. The van der Waals surface area contributed by atoms with Crippen LogP contribution in [0.1, 0.15) is 23.7 Å². The molecule has 0 saturated carbocycles. The van der Waals surface area contributed by atoms with Gasteiger partial charge in [0.25, 0.3) is 0 Å². The number of hydrogen-bond acceptors (Lipinski definition) is 3. The molecule has 1 atom stereocenters. The highest BCUT2D eigenvalue weighted by molar-refractivity contribution is 9.11. The normalized spacial score (nSPS) is 12.0. The van der Waals surface area contributed by atoms with Gasteiger partial charge in [-0.1, -0.05) is 44.8 Å². The molecule has 0 spiro atoms. The summed E-state index contributed by atoms with van der Waals surface area (Å²) < 4.78 is 7.44. The predicted molar refractivity (Wildman–Crippen MR) is 91.7 cm³/mol. The third kappa shape index (κ3) is 4.08. The molecule has 0 radical (unpaired) electrons. The number of carbonyl (C=O) groups is 1. The Morgan fingerprint density at radius 1 is 1.24 bits per heavy atom. The highest BCUT2D eigenvalue weighted by Gasteiger charge is 2.22. The fourth-order valence-electron chi connectivity index (χ4n) is 1.94. The minimum absolute atomic E-state index is 0.0562. The second-order valence-electron chi connectivity index (χ2n) is 4.58.